The molecule has 1 heterocycles. The normalized spacial score (nSPS) is 9.88. The second kappa shape index (κ2) is 8.32. The summed E-state index contributed by atoms with van der Waals surface area (Å²) in [4.78, 5) is 15.9. The minimum absolute atomic E-state index is 0. The van der Waals surface area contributed by atoms with Crippen LogP contribution < -0.4 is 5.32 Å². The second-order valence-electron chi connectivity index (χ2n) is 5.56. The topological polar surface area (TPSA) is 75.0 Å². The van der Waals surface area contributed by atoms with Crippen molar-refractivity contribution in [1.29, 1.82) is 5.26 Å². The lowest BCUT2D eigenvalue weighted by Gasteiger charge is -2.12. The van der Waals surface area contributed by atoms with Crippen LogP contribution in [0, 0.1) is 11.3 Å². The molecular weight excluding hydrogens is 350 g/mol. The van der Waals surface area contributed by atoms with E-state index in [1.807, 2.05) is 18.2 Å². The summed E-state index contributed by atoms with van der Waals surface area (Å²) in [5.74, 6) is -0.383. The summed E-state index contributed by atoms with van der Waals surface area (Å²) in [5, 5.41) is 13.6. The van der Waals surface area contributed by atoms with Gasteiger partial charge in [0.25, 0.3) is 0 Å². The Morgan fingerprint density at radius 3 is 2.58 bits per heavy atom. The number of carbonyl (C=O) groups excluding carboxylic acids is 1. The van der Waals surface area contributed by atoms with Crippen molar-refractivity contribution in [2.45, 2.75) is 13.3 Å². The van der Waals surface area contributed by atoms with Gasteiger partial charge >= 0.3 is 5.97 Å². The average molecular weight is 368 g/mol. The van der Waals surface area contributed by atoms with E-state index in [4.69, 9.17) is 4.74 Å². The first-order valence-corrected chi connectivity index (χ1v) is 7.93. The molecule has 0 aliphatic rings. The quantitative estimate of drug-likeness (QED) is 0.681. The molecule has 0 aliphatic carbocycles. The summed E-state index contributed by atoms with van der Waals surface area (Å²) in [6.45, 7) is 2.08. The van der Waals surface area contributed by atoms with Gasteiger partial charge in [0.2, 0.25) is 0 Å². The largest absolute Gasteiger partial charge is 0.465 e. The lowest BCUT2D eigenvalue weighted by molar-refractivity contribution is 0.0601. The minimum Gasteiger partial charge on any atom is -0.465 e. The molecule has 3 aromatic rings. The lowest BCUT2D eigenvalue weighted by atomic mass is 10.0. The Morgan fingerprint density at radius 2 is 1.96 bits per heavy atom. The Morgan fingerprint density at radius 1 is 1.23 bits per heavy atom. The van der Waals surface area contributed by atoms with Crippen molar-refractivity contribution in [3.63, 3.8) is 0 Å². The Bertz CT molecular complexity index is 979. The summed E-state index contributed by atoms with van der Waals surface area (Å²) in [7, 11) is 1.35. The van der Waals surface area contributed by atoms with E-state index in [2.05, 4.69) is 23.3 Å². The van der Waals surface area contributed by atoms with E-state index < -0.39 is 0 Å². The molecule has 0 bridgehead atoms. The van der Waals surface area contributed by atoms with Crippen molar-refractivity contribution in [3.05, 3.63) is 65.4 Å². The Labute approximate surface area is 158 Å². The number of nitriles is 1. The number of hydrogen-bond acceptors (Lipinski definition) is 5. The van der Waals surface area contributed by atoms with Crippen LogP contribution in [0.3, 0.4) is 0 Å². The van der Waals surface area contributed by atoms with Crippen LogP contribution in [-0.4, -0.2) is 18.1 Å². The molecule has 6 heteroatoms. The van der Waals surface area contributed by atoms with Gasteiger partial charge in [-0.2, -0.15) is 5.26 Å². The summed E-state index contributed by atoms with van der Waals surface area (Å²) in [5.41, 5.74) is 4.43. The summed E-state index contributed by atoms with van der Waals surface area (Å²) in [6.07, 6.45) is 2.47. The Hall–Kier alpha value is -3.10. The fraction of sp³-hybridized carbons (Fsp3) is 0.150. The molecule has 0 spiro atoms. The van der Waals surface area contributed by atoms with Crippen molar-refractivity contribution in [3.8, 4) is 6.07 Å². The van der Waals surface area contributed by atoms with Gasteiger partial charge in [-0.05, 0) is 48.4 Å². The molecule has 1 aromatic heterocycles. The number of fused-ring (bicyclic) bond motifs is 1. The zero-order valence-corrected chi connectivity index (χ0v) is 15.3. The number of esters is 1. The van der Waals surface area contributed by atoms with E-state index in [1.165, 1.54) is 12.7 Å². The number of benzene rings is 2. The Kier molecular flexibility index (Phi) is 6.16. The number of nitrogens with one attached hydrogen (secondary N) is 1. The van der Waals surface area contributed by atoms with Gasteiger partial charge in [0.1, 0.15) is 6.07 Å². The van der Waals surface area contributed by atoms with Gasteiger partial charge in [-0.1, -0.05) is 13.0 Å². The molecule has 132 valence electrons. The molecule has 0 amide bonds. The van der Waals surface area contributed by atoms with E-state index in [0.717, 1.165) is 23.0 Å². The number of pyridine rings is 1. The molecule has 0 unspecified atom stereocenters. The maximum Gasteiger partial charge on any atom is 0.337 e. The fourth-order valence-electron chi connectivity index (χ4n) is 2.63. The number of ether oxygens (including phenoxy) is 1. The van der Waals surface area contributed by atoms with E-state index in [-0.39, 0.29) is 18.4 Å². The maximum absolute atomic E-state index is 11.5. The molecule has 0 radical (unpaired) electrons. The molecule has 26 heavy (non-hydrogen) atoms. The molecular formula is C20H18ClN3O2. The lowest BCUT2D eigenvalue weighted by Crippen LogP contribution is -2.01. The molecule has 5 nitrogen and oxygen atoms in total. The molecule has 2 aromatic carbocycles. The highest BCUT2D eigenvalue weighted by atomic mass is 35.5. The van der Waals surface area contributed by atoms with Crippen molar-refractivity contribution in [2.24, 2.45) is 0 Å². The average Bonchev–Trinajstić information content (AvgIpc) is 2.67. The zero-order chi connectivity index (χ0) is 17.8. The summed E-state index contributed by atoms with van der Waals surface area (Å²) >= 11 is 0. The van der Waals surface area contributed by atoms with Crippen molar-refractivity contribution < 1.29 is 9.53 Å². The van der Waals surface area contributed by atoms with Crippen LogP contribution >= 0.6 is 12.4 Å². The second-order valence-corrected chi connectivity index (χ2v) is 5.56. The maximum atomic E-state index is 11.5. The van der Waals surface area contributed by atoms with E-state index in [0.29, 0.717) is 16.8 Å². The first kappa shape index (κ1) is 19.2. The summed E-state index contributed by atoms with van der Waals surface area (Å²) < 4.78 is 4.70. The van der Waals surface area contributed by atoms with Gasteiger partial charge in [0.15, 0.2) is 0 Å². The molecule has 1 N–H and O–H groups in total. The number of halogens is 1. The number of aryl methyl sites for hydroxylation is 1. The number of nitrogens with zero attached hydrogens (tertiary/aromatic N) is 2. The number of carbonyl (C=O) groups is 1. The monoisotopic (exact) mass is 367 g/mol. The van der Waals surface area contributed by atoms with Crippen LogP contribution in [0.1, 0.15) is 28.4 Å². The molecule has 0 fully saturated rings. The van der Waals surface area contributed by atoms with Crippen molar-refractivity contribution in [1.82, 2.24) is 4.98 Å². The molecule has 0 saturated heterocycles. The highest BCUT2D eigenvalue weighted by Gasteiger charge is 2.11. The van der Waals surface area contributed by atoms with Gasteiger partial charge in [-0.3, -0.25) is 4.98 Å². The van der Waals surface area contributed by atoms with E-state index in [9.17, 15) is 10.1 Å². The van der Waals surface area contributed by atoms with Gasteiger partial charge in [0.05, 0.1) is 29.4 Å². The van der Waals surface area contributed by atoms with Crippen LogP contribution in [-0.2, 0) is 11.2 Å². The standard InChI is InChI=1S/C20H17N3O2.ClH/c1-3-13-4-9-18-17(10-13)19(15(11-21)12-22-18)23-16-7-5-14(6-8-16)20(24)25-2;/h4-10,12H,3H2,1-2H3,(H,22,23);1H. The van der Waals surface area contributed by atoms with Crippen LogP contribution in [0.4, 0.5) is 11.4 Å². The number of aromatic nitrogens is 1. The van der Waals surface area contributed by atoms with E-state index >= 15 is 0 Å². The predicted octanol–water partition coefficient (Wildman–Crippen LogP) is 4.62. The molecule has 0 aliphatic heterocycles. The van der Waals surface area contributed by atoms with Crippen LogP contribution in [0.25, 0.3) is 10.9 Å². The number of rotatable bonds is 4. The third kappa shape index (κ3) is 3.76. The van der Waals surface area contributed by atoms with Crippen molar-refractivity contribution >= 4 is 40.7 Å². The van der Waals surface area contributed by atoms with Crippen molar-refractivity contribution in [2.75, 3.05) is 12.4 Å². The first-order valence-electron chi connectivity index (χ1n) is 7.93. The molecule has 0 saturated carbocycles. The van der Waals surface area contributed by atoms with Crippen LogP contribution in [0.15, 0.2) is 48.7 Å². The minimum atomic E-state index is -0.383. The molecule has 3 rings (SSSR count). The van der Waals surface area contributed by atoms with E-state index in [1.54, 1.807) is 30.5 Å². The molecule has 0 atom stereocenters. The van der Waals surface area contributed by atoms with Gasteiger partial charge in [-0.15, -0.1) is 12.4 Å². The van der Waals surface area contributed by atoms with Gasteiger partial charge < -0.3 is 10.1 Å². The SMILES string of the molecule is CCc1ccc2ncc(C#N)c(Nc3ccc(C(=O)OC)cc3)c2c1.Cl. The predicted molar refractivity (Wildman–Crippen MR) is 104 cm³/mol. The third-order valence-corrected chi connectivity index (χ3v) is 4.04. The third-order valence-electron chi connectivity index (χ3n) is 4.04. The smallest absolute Gasteiger partial charge is 0.337 e. The highest BCUT2D eigenvalue weighted by molar-refractivity contribution is 5.96. The number of methoxy groups -OCH3 is 1. The fourth-order valence-corrected chi connectivity index (χ4v) is 2.63. The van der Waals surface area contributed by atoms with Gasteiger partial charge in [-0.25, -0.2) is 4.79 Å². The van der Waals surface area contributed by atoms with Gasteiger partial charge in [0, 0.05) is 17.3 Å². The zero-order valence-electron chi connectivity index (χ0n) is 14.4. The Balaban J connectivity index is 0.00000243. The van der Waals surface area contributed by atoms with Crippen LogP contribution in [0.2, 0.25) is 0 Å². The first-order chi connectivity index (χ1) is 12.2. The van der Waals surface area contributed by atoms with Crippen LogP contribution in [0.5, 0.6) is 0 Å². The number of hydrogen-bond donors (Lipinski definition) is 1. The summed E-state index contributed by atoms with van der Waals surface area (Å²) in [6, 6.07) is 15.2. The number of anilines is 2. The highest BCUT2D eigenvalue weighted by Crippen LogP contribution is 2.29.